The first-order chi connectivity index (χ1) is 12.1. The van der Waals surface area contributed by atoms with Crippen molar-refractivity contribution in [3.05, 3.63) is 69.0 Å². The predicted octanol–water partition coefficient (Wildman–Crippen LogP) is 2.94. The largest absolute Gasteiger partial charge is 0.357 e. The first kappa shape index (κ1) is 18.7. The van der Waals surface area contributed by atoms with Gasteiger partial charge in [0.15, 0.2) is 5.96 Å². The first-order valence-electron chi connectivity index (χ1n) is 7.95. The number of benzene rings is 1. The highest BCUT2D eigenvalue weighted by molar-refractivity contribution is 6.29. The van der Waals surface area contributed by atoms with Gasteiger partial charge in [0.1, 0.15) is 5.15 Å². The van der Waals surface area contributed by atoms with Crippen molar-refractivity contribution >= 4 is 23.2 Å². The minimum absolute atomic E-state index is 0.0781. The quantitative estimate of drug-likeness (QED) is 0.260. The molecule has 0 atom stereocenters. The number of para-hydroxylation sites is 1. The van der Waals surface area contributed by atoms with Crippen molar-refractivity contribution in [1.82, 2.24) is 15.6 Å². The maximum Gasteiger partial charge on any atom is 0.274 e. The molecule has 25 heavy (non-hydrogen) atoms. The summed E-state index contributed by atoms with van der Waals surface area (Å²) in [6.07, 6.45) is 2.50. The third kappa shape index (κ3) is 6.04. The van der Waals surface area contributed by atoms with Crippen molar-refractivity contribution < 1.29 is 4.92 Å². The third-order valence-electron chi connectivity index (χ3n) is 3.43. The lowest BCUT2D eigenvalue weighted by molar-refractivity contribution is -0.385. The SMILES string of the molecule is CCNC(=NCc1ccccc1[N+](=O)[O-])NCCc1ccc(Cl)nc1. The normalized spacial score (nSPS) is 11.2. The summed E-state index contributed by atoms with van der Waals surface area (Å²) in [5, 5.41) is 17.9. The molecule has 1 aromatic heterocycles. The van der Waals surface area contributed by atoms with Crippen LogP contribution in [0.1, 0.15) is 18.1 Å². The van der Waals surface area contributed by atoms with Crippen LogP contribution in [-0.4, -0.2) is 29.0 Å². The molecule has 2 N–H and O–H groups in total. The second-order valence-electron chi connectivity index (χ2n) is 5.25. The Bertz CT molecular complexity index is 734. The highest BCUT2D eigenvalue weighted by Crippen LogP contribution is 2.18. The summed E-state index contributed by atoms with van der Waals surface area (Å²) in [4.78, 5) is 19.1. The Morgan fingerprint density at radius 2 is 2.08 bits per heavy atom. The van der Waals surface area contributed by atoms with Crippen LogP contribution >= 0.6 is 11.6 Å². The highest BCUT2D eigenvalue weighted by Gasteiger charge is 2.11. The molecule has 1 heterocycles. The number of pyridine rings is 1. The van der Waals surface area contributed by atoms with E-state index in [0.717, 1.165) is 12.0 Å². The number of nitro benzene ring substituents is 1. The monoisotopic (exact) mass is 361 g/mol. The first-order valence-corrected chi connectivity index (χ1v) is 8.33. The molecule has 0 unspecified atom stereocenters. The molecule has 8 heteroatoms. The molecule has 132 valence electrons. The fourth-order valence-corrected chi connectivity index (χ4v) is 2.32. The minimum Gasteiger partial charge on any atom is -0.357 e. The fourth-order valence-electron chi connectivity index (χ4n) is 2.21. The molecule has 0 fully saturated rings. The molecule has 2 rings (SSSR count). The summed E-state index contributed by atoms with van der Waals surface area (Å²) in [6.45, 7) is 3.55. The zero-order valence-corrected chi connectivity index (χ0v) is 14.7. The van der Waals surface area contributed by atoms with Crippen LogP contribution in [0.3, 0.4) is 0 Å². The number of guanidine groups is 1. The van der Waals surface area contributed by atoms with E-state index >= 15 is 0 Å². The van der Waals surface area contributed by atoms with Gasteiger partial charge < -0.3 is 10.6 Å². The zero-order valence-electron chi connectivity index (χ0n) is 13.9. The van der Waals surface area contributed by atoms with Gasteiger partial charge in [-0.3, -0.25) is 10.1 Å². The van der Waals surface area contributed by atoms with E-state index in [2.05, 4.69) is 20.6 Å². The molecule has 0 aliphatic heterocycles. The molecule has 0 amide bonds. The molecule has 7 nitrogen and oxygen atoms in total. The molecule has 0 bridgehead atoms. The van der Waals surface area contributed by atoms with Gasteiger partial charge in [-0.15, -0.1) is 0 Å². The van der Waals surface area contributed by atoms with E-state index in [9.17, 15) is 10.1 Å². The average molecular weight is 362 g/mol. The third-order valence-corrected chi connectivity index (χ3v) is 3.66. The van der Waals surface area contributed by atoms with Crippen molar-refractivity contribution in [2.75, 3.05) is 13.1 Å². The van der Waals surface area contributed by atoms with Crippen LogP contribution in [-0.2, 0) is 13.0 Å². The Balaban J connectivity index is 1.96. The van der Waals surface area contributed by atoms with Crippen molar-refractivity contribution in [1.29, 1.82) is 0 Å². The number of nitrogens with one attached hydrogen (secondary N) is 2. The Hall–Kier alpha value is -2.67. The molecule has 0 saturated heterocycles. The van der Waals surface area contributed by atoms with Gasteiger partial charge in [-0.05, 0) is 25.0 Å². The average Bonchev–Trinajstić information content (AvgIpc) is 2.61. The van der Waals surface area contributed by atoms with Crippen LogP contribution in [0.5, 0.6) is 0 Å². The Morgan fingerprint density at radius 3 is 2.76 bits per heavy atom. The lowest BCUT2D eigenvalue weighted by Crippen LogP contribution is -2.38. The Kier molecular flexibility index (Phi) is 7.16. The molecular formula is C17H20ClN5O2. The summed E-state index contributed by atoms with van der Waals surface area (Å²) < 4.78 is 0. The van der Waals surface area contributed by atoms with Crippen molar-refractivity contribution in [2.24, 2.45) is 4.99 Å². The van der Waals surface area contributed by atoms with Crippen LogP contribution in [0, 0.1) is 10.1 Å². The summed E-state index contributed by atoms with van der Waals surface area (Å²) in [5.41, 5.74) is 1.72. The van der Waals surface area contributed by atoms with E-state index < -0.39 is 4.92 Å². The summed E-state index contributed by atoms with van der Waals surface area (Å²) in [5.74, 6) is 0.613. The van der Waals surface area contributed by atoms with Crippen LogP contribution < -0.4 is 10.6 Å². The van der Waals surface area contributed by atoms with Gasteiger partial charge in [-0.1, -0.05) is 35.9 Å². The fraction of sp³-hybridized carbons (Fsp3) is 0.294. The molecule has 0 radical (unpaired) electrons. The van der Waals surface area contributed by atoms with Gasteiger partial charge in [0.2, 0.25) is 0 Å². The van der Waals surface area contributed by atoms with Gasteiger partial charge >= 0.3 is 0 Å². The highest BCUT2D eigenvalue weighted by atomic mass is 35.5. The van der Waals surface area contributed by atoms with Crippen molar-refractivity contribution in [3.8, 4) is 0 Å². The van der Waals surface area contributed by atoms with E-state index in [-0.39, 0.29) is 12.2 Å². The van der Waals surface area contributed by atoms with Gasteiger partial charge in [-0.25, -0.2) is 9.98 Å². The zero-order chi connectivity index (χ0) is 18.1. The van der Waals surface area contributed by atoms with Gasteiger partial charge in [0.25, 0.3) is 5.69 Å². The maximum absolute atomic E-state index is 11.1. The second kappa shape index (κ2) is 9.58. The van der Waals surface area contributed by atoms with Crippen LogP contribution in [0.15, 0.2) is 47.6 Å². The second-order valence-corrected chi connectivity index (χ2v) is 5.63. The summed E-state index contributed by atoms with van der Waals surface area (Å²) in [7, 11) is 0. The topological polar surface area (TPSA) is 92.5 Å². The maximum atomic E-state index is 11.1. The molecular weight excluding hydrogens is 342 g/mol. The molecule has 0 aliphatic carbocycles. The predicted molar refractivity (Wildman–Crippen MR) is 98.9 cm³/mol. The number of nitrogens with zero attached hydrogens (tertiary/aromatic N) is 3. The molecule has 0 aliphatic rings. The number of hydrogen-bond acceptors (Lipinski definition) is 4. The minimum atomic E-state index is -0.390. The van der Waals surface area contributed by atoms with Gasteiger partial charge in [0.05, 0.1) is 17.0 Å². The summed E-state index contributed by atoms with van der Waals surface area (Å²) in [6, 6.07) is 10.3. The molecule has 0 saturated carbocycles. The van der Waals surface area contributed by atoms with E-state index in [1.54, 1.807) is 30.5 Å². The van der Waals surface area contributed by atoms with Crippen LogP contribution in [0.25, 0.3) is 0 Å². The lowest BCUT2D eigenvalue weighted by atomic mass is 10.2. The van der Waals surface area contributed by atoms with Gasteiger partial charge in [0, 0.05) is 25.4 Å². The molecule has 0 spiro atoms. The lowest BCUT2D eigenvalue weighted by Gasteiger charge is -2.11. The van der Waals surface area contributed by atoms with E-state index in [0.29, 0.717) is 29.8 Å². The van der Waals surface area contributed by atoms with Gasteiger partial charge in [-0.2, -0.15) is 0 Å². The van der Waals surface area contributed by atoms with E-state index in [1.165, 1.54) is 6.07 Å². The van der Waals surface area contributed by atoms with Crippen molar-refractivity contribution in [3.63, 3.8) is 0 Å². The number of rotatable bonds is 7. The Labute approximate surface area is 151 Å². The van der Waals surface area contributed by atoms with Crippen molar-refractivity contribution in [2.45, 2.75) is 19.9 Å². The number of aromatic nitrogens is 1. The number of halogens is 1. The van der Waals surface area contributed by atoms with Crippen LogP contribution in [0.4, 0.5) is 5.69 Å². The van der Waals surface area contributed by atoms with Crippen LogP contribution in [0.2, 0.25) is 5.15 Å². The molecule has 2 aromatic rings. The standard InChI is InChI=1S/C17H20ClN5O2/c1-2-19-17(20-10-9-13-7-8-16(18)21-11-13)22-12-14-5-3-4-6-15(14)23(24)25/h3-8,11H,2,9-10,12H2,1H3,(H2,19,20,22). The molecule has 1 aromatic carbocycles. The smallest absolute Gasteiger partial charge is 0.274 e. The van der Waals surface area contributed by atoms with E-state index in [4.69, 9.17) is 11.6 Å². The number of nitro groups is 1. The Morgan fingerprint density at radius 1 is 1.28 bits per heavy atom. The van der Waals surface area contributed by atoms with E-state index in [1.807, 2.05) is 13.0 Å². The number of hydrogen-bond donors (Lipinski definition) is 2. The number of aliphatic imine (C=N–C) groups is 1. The summed E-state index contributed by atoms with van der Waals surface area (Å²) >= 11 is 5.77.